The molecule has 7 nitrogen and oxygen atoms in total. The van der Waals surface area contributed by atoms with Crippen molar-refractivity contribution >= 4 is 17.6 Å². The molecule has 7 heteroatoms. The maximum Gasteiger partial charge on any atom is 0.341 e. The van der Waals surface area contributed by atoms with E-state index in [2.05, 4.69) is 15.0 Å². The Balaban J connectivity index is 2.29. The topological polar surface area (TPSA) is 105 Å². The molecular weight excluding hydrogens is 286 g/mol. The normalized spacial score (nSPS) is 9.86. The molecule has 0 spiro atoms. The molecule has 0 bridgehead atoms. The Kier molecular flexibility index (Phi) is 4.53. The highest BCUT2D eigenvalue weighted by molar-refractivity contribution is 6.04. The van der Waals surface area contributed by atoms with Crippen molar-refractivity contribution in [3.63, 3.8) is 0 Å². The Bertz CT molecular complexity index is 758. The molecule has 1 amide bonds. The number of rotatable bonds is 4. The van der Waals surface area contributed by atoms with Gasteiger partial charge in [-0.25, -0.2) is 4.79 Å². The van der Waals surface area contributed by atoms with Crippen LogP contribution in [0.3, 0.4) is 0 Å². The molecule has 0 fully saturated rings. The van der Waals surface area contributed by atoms with E-state index in [0.717, 1.165) is 0 Å². The number of nitrogens with zero attached hydrogens (tertiary/aromatic N) is 2. The van der Waals surface area contributed by atoms with Crippen molar-refractivity contribution in [2.75, 3.05) is 12.4 Å². The Labute approximate surface area is 126 Å². The van der Waals surface area contributed by atoms with Crippen LogP contribution < -0.4 is 5.32 Å². The Morgan fingerprint density at radius 1 is 1.50 bits per heavy atom. The van der Waals surface area contributed by atoms with Crippen LogP contribution >= 0.6 is 0 Å². The standard InChI is InChI=1S/C15H13N3O4/c1-3-12-10(15(20)21-2)6-13(22-12)14(19)18-11-4-5-17-8-9(11)7-16/h4-6,8H,3H2,1-2H3,(H,17,18,19). The summed E-state index contributed by atoms with van der Waals surface area (Å²) >= 11 is 0. The third kappa shape index (κ3) is 2.96. The highest BCUT2D eigenvalue weighted by Crippen LogP contribution is 2.20. The Morgan fingerprint density at radius 2 is 2.27 bits per heavy atom. The number of aromatic nitrogens is 1. The molecule has 2 aromatic heterocycles. The number of amides is 1. The minimum absolute atomic E-state index is 0.0297. The van der Waals surface area contributed by atoms with E-state index in [9.17, 15) is 9.59 Å². The smallest absolute Gasteiger partial charge is 0.341 e. The monoisotopic (exact) mass is 299 g/mol. The fraction of sp³-hybridized carbons (Fsp3) is 0.200. The van der Waals surface area contributed by atoms with Gasteiger partial charge in [-0.15, -0.1) is 0 Å². The summed E-state index contributed by atoms with van der Waals surface area (Å²) in [6, 6.07) is 4.75. The van der Waals surface area contributed by atoms with Gasteiger partial charge in [0.1, 0.15) is 17.4 Å². The van der Waals surface area contributed by atoms with Crippen molar-refractivity contribution in [2.45, 2.75) is 13.3 Å². The maximum absolute atomic E-state index is 12.2. The van der Waals surface area contributed by atoms with E-state index in [1.807, 2.05) is 6.07 Å². The van der Waals surface area contributed by atoms with Gasteiger partial charge in [0.15, 0.2) is 5.76 Å². The number of hydrogen-bond donors (Lipinski definition) is 1. The average Bonchev–Trinajstić information content (AvgIpc) is 2.99. The van der Waals surface area contributed by atoms with E-state index >= 15 is 0 Å². The molecule has 0 saturated carbocycles. The zero-order chi connectivity index (χ0) is 16.1. The first kappa shape index (κ1) is 15.3. The van der Waals surface area contributed by atoms with Gasteiger partial charge in [-0.3, -0.25) is 9.78 Å². The van der Waals surface area contributed by atoms with Gasteiger partial charge in [-0.05, 0) is 6.07 Å². The molecule has 112 valence electrons. The van der Waals surface area contributed by atoms with E-state index in [4.69, 9.17) is 9.68 Å². The lowest BCUT2D eigenvalue weighted by atomic mass is 10.2. The van der Waals surface area contributed by atoms with Crippen molar-refractivity contribution in [3.05, 3.63) is 47.2 Å². The number of nitrogens with one attached hydrogen (secondary N) is 1. The highest BCUT2D eigenvalue weighted by atomic mass is 16.5. The molecule has 0 aliphatic carbocycles. The fourth-order valence-corrected chi connectivity index (χ4v) is 1.86. The van der Waals surface area contributed by atoms with Gasteiger partial charge in [-0.1, -0.05) is 6.92 Å². The summed E-state index contributed by atoms with van der Waals surface area (Å²) in [6.07, 6.45) is 3.24. The third-order valence-electron chi connectivity index (χ3n) is 2.95. The lowest BCUT2D eigenvalue weighted by molar-refractivity contribution is 0.0598. The first-order chi connectivity index (χ1) is 10.6. The molecule has 0 aliphatic rings. The molecule has 0 atom stereocenters. The van der Waals surface area contributed by atoms with Crippen molar-refractivity contribution in [1.29, 1.82) is 5.26 Å². The Morgan fingerprint density at radius 3 is 2.91 bits per heavy atom. The number of furan rings is 1. The van der Waals surface area contributed by atoms with Crippen LogP contribution in [0.15, 0.2) is 28.9 Å². The van der Waals surface area contributed by atoms with Crippen molar-refractivity contribution in [2.24, 2.45) is 0 Å². The minimum atomic E-state index is -0.568. The number of methoxy groups -OCH3 is 1. The number of anilines is 1. The Hall–Kier alpha value is -3.14. The van der Waals surface area contributed by atoms with Crippen LogP contribution in [0.2, 0.25) is 0 Å². The molecule has 2 rings (SSSR count). The van der Waals surface area contributed by atoms with Gasteiger partial charge in [0.05, 0.1) is 18.4 Å². The van der Waals surface area contributed by atoms with E-state index in [1.165, 1.54) is 31.6 Å². The minimum Gasteiger partial charge on any atom is -0.465 e. The molecule has 0 unspecified atom stereocenters. The lowest BCUT2D eigenvalue weighted by Gasteiger charge is -2.04. The predicted octanol–water partition coefficient (Wildman–Crippen LogP) is 2.15. The number of aryl methyl sites for hydroxylation is 1. The second-order valence-corrected chi connectivity index (χ2v) is 4.28. The number of carbonyl (C=O) groups excluding carboxylic acids is 2. The summed E-state index contributed by atoms with van der Waals surface area (Å²) in [6.45, 7) is 1.80. The van der Waals surface area contributed by atoms with E-state index < -0.39 is 11.9 Å². The second kappa shape index (κ2) is 6.54. The zero-order valence-electron chi connectivity index (χ0n) is 12.0. The second-order valence-electron chi connectivity index (χ2n) is 4.28. The first-order valence-corrected chi connectivity index (χ1v) is 6.47. The summed E-state index contributed by atoms with van der Waals surface area (Å²) in [5.74, 6) is -0.793. The molecule has 0 radical (unpaired) electrons. The number of ether oxygens (including phenoxy) is 1. The summed E-state index contributed by atoms with van der Waals surface area (Å²) in [5, 5.41) is 11.5. The molecule has 2 heterocycles. The third-order valence-corrected chi connectivity index (χ3v) is 2.95. The van der Waals surface area contributed by atoms with Gasteiger partial charge in [-0.2, -0.15) is 5.26 Å². The van der Waals surface area contributed by atoms with Crippen LogP contribution in [0.4, 0.5) is 5.69 Å². The number of hydrogen-bond acceptors (Lipinski definition) is 6. The van der Waals surface area contributed by atoms with Crippen LogP contribution in [-0.2, 0) is 11.2 Å². The largest absolute Gasteiger partial charge is 0.465 e. The molecule has 1 N–H and O–H groups in total. The predicted molar refractivity (Wildman–Crippen MR) is 76.3 cm³/mol. The van der Waals surface area contributed by atoms with Gasteiger partial charge in [0.25, 0.3) is 5.91 Å². The quantitative estimate of drug-likeness (QED) is 0.867. The maximum atomic E-state index is 12.2. The number of carbonyl (C=O) groups is 2. The highest BCUT2D eigenvalue weighted by Gasteiger charge is 2.21. The van der Waals surface area contributed by atoms with Crippen LogP contribution in [0, 0.1) is 11.3 Å². The summed E-state index contributed by atoms with van der Waals surface area (Å²) in [5.41, 5.74) is 0.758. The zero-order valence-corrected chi connectivity index (χ0v) is 12.0. The number of esters is 1. The van der Waals surface area contributed by atoms with E-state index in [0.29, 0.717) is 17.9 Å². The van der Waals surface area contributed by atoms with Crippen molar-refractivity contribution in [3.8, 4) is 6.07 Å². The lowest BCUT2D eigenvalue weighted by Crippen LogP contribution is -2.12. The van der Waals surface area contributed by atoms with Crippen LogP contribution in [0.5, 0.6) is 0 Å². The van der Waals surface area contributed by atoms with Crippen LogP contribution in [-0.4, -0.2) is 24.0 Å². The molecule has 0 saturated heterocycles. The summed E-state index contributed by atoms with van der Waals surface area (Å²) in [7, 11) is 1.25. The first-order valence-electron chi connectivity index (χ1n) is 6.47. The number of nitriles is 1. The van der Waals surface area contributed by atoms with Gasteiger partial charge >= 0.3 is 5.97 Å². The fourth-order valence-electron chi connectivity index (χ4n) is 1.86. The molecular formula is C15H13N3O4. The van der Waals surface area contributed by atoms with Crippen molar-refractivity contribution < 1.29 is 18.7 Å². The summed E-state index contributed by atoms with van der Waals surface area (Å²) in [4.78, 5) is 27.6. The average molecular weight is 299 g/mol. The van der Waals surface area contributed by atoms with Crippen LogP contribution in [0.25, 0.3) is 0 Å². The van der Waals surface area contributed by atoms with E-state index in [-0.39, 0.29) is 16.9 Å². The molecule has 22 heavy (non-hydrogen) atoms. The molecule has 0 aromatic carbocycles. The molecule has 0 aliphatic heterocycles. The SMILES string of the molecule is CCc1oc(C(=O)Nc2ccncc2C#N)cc1C(=O)OC. The number of pyridine rings is 1. The van der Waals surface area contributed by atoms with E-state index in [1.54, 1.807) is 6.92 Å². The van der Waals surface area contributed by atoms with Crippen molar-refractivity contribution in [1.82, 2.24) is 4.98 Å². The summed E-state index contributed by atoms with van der Waals surface area (Å²) < 4.78 is 10.0. The van der Waals surface area contributed by atoms with Gasteiger partial charge in [0.2, 0.25) is 0 Å². The molecule has 2 aromatic rings. The van der Waals surface area contributed by atoms with Crippen LogP contribution in [0.1, 0.15) is 39.2 Å². The van der Waals surface area contributed by atoms with Gasteiger partial charge < -0.3 is 14.5 Å². The van der Waals surface area contributed by atoms with Gasteiger partial charge in [0, 0.05) is 24.9 Å².